The van der Waals surface area contributed by atoms with Gasteiger partial charge in [0.1, 0.15) is 18.5 Å². The molecule has 0 aromatic heterocycles. The van der Waals surface area contributed by atoms with Gasteiger partial charge >= 0.3 is 0 Å². The molecule has 0 N–H and O–H groups in total. The number of hydrogen-bond donors (Lipinski definition) is 0. The van der Waals surface area contributed by atoms with Crippen molar-refractivity contribution in [1.29, 1.82) is 0 Å². The minimum absolute atomic E-state index is 0.338. The summed E-state index contributed by atoms with van der Waals surface area (Å²) >= 11 is 0. The lowest BCUT2D eigenvalue weighted by molar-refractivity contribution is -0.294. The van der Waals surface area contributed by atoms with Crippen molar-refractivity contribution in [3.05, 3.63) is 0 Å². The number of hydrogen-bond acceptors (Lipinski definition) is 6. The SMILES string of the molecule is CCCCOCC1O[C@@H](OC)[C@@H](OCCCC)C(C=O)[C@H]1OCCCC. The van der Waals surface area contributed by atoms with Crippen LogP contribution in [0.3, 0.4) is 0 Å². The van der Waals surface area contributed by atoms with Crippen molar-refractivity contribution in [2.45, 2.75) is 83.9 Å². The molecule has 0 radical (unpaired) electrons. The summed E-state index contributed by atoms with van der Waals surface area (Å²) in [6.45, 7) is 8.58. The van der Waals surface area contributed by atoms with E-state index in [0.29, 0.717) is 26.4 Å². The summed E-state index contributed by atoms with van der Waals surface area (Å²) in [4.78, 5) is 11.9. The lowest BCUT2D eigenvalue weighted by Gasteiger charge is -2.43. The fourth-order valence-electron chi connectivity index (χ4n) is 3.00. The first kappa shape index (κ1) is 23.5. The lowest BCUT2D eigenvalue weighted by Crippen LogP contribution is -2.58. The Labute approximate surface area is 158 Å². The molecular formula is C20H38O6. The minimum Gasteiger partial charge on any atom is -0.379 e. The van der Waals surface area contributed by atoms with Crippen molar-refractivity contribution in [3.8, 4) is 0 Å². The first-order valence-corrected chi connectivity index (χ1v) is 10.2. The van der Waals surface area contributed by atoms with Gasteiger partial charge < -0.3 is 28.5 Å². The average molecular weight is 375 g/mol. The van der Waals surface area contributed by atoms with E-state index in [-0.39, 0.29) is 12.2 Å². The lowest BCUT2D eigenvalue weighted by atomic mass is 9.89. The molecule has 0 amide bonds. The van der Waals surface area contributed by atoms with Crippen molar-refractivity contribution in [2.75, 3.05) is 33.5 Å². The molecule has 1 saturated heterocycles. The zero-order chi connectivity index (χ0) is 19.2. The zero-order valence-corrected chi connectivity index (χ0v) is 17.0. The van der Waals surface area contributed by atoms with Crippen LogP contribution >= 0.6 is 0 Å². The predicted molar refractivity (Wildman–Crippen MR) is 100 cm³/mol. The predicted octanol–water partition coefficient (Wildman–Crippen LogP) is 3.36. The van der Waals surface area contributed by atoms with Crippen LogP contribution in [0.5, 0.6) is 0 Å². The van der Waals surface area contributed by atoms with Crippen molar-refractivity contribution in [3.63, 3.8) is 0 Å². The third-order valence-electron chi connectivity index (χ3n) is 4.63. The second kappa shape index (κ2) is 14.5. The monoisotopic (exact) mass is 374 g/mol. The molecule has 0 bridgehead atoms. The van der Waals surface area contributed by atoms with Gasteiger partial charge in [0.15, 0.2) is 6.29 Å². The standard InChI is InChI=1S/C20H38O6/c1-5-8-11-23-15-17-18(24-12-9-6-2)16(14-21)19(20(22-4)26-17)25-13-10-7-3/h14,16-20H,5-13,15H2,1-4H3/t16?,17?,18-,19+,20-/m1/s1. The molecule has 0 saturated carbocycles. The van der Waals surface area contributed by atoms with Crippen molar-refractivity contribution in [2.24, 2.45) is 5.92 Å². The van der Waals surface area contributed by atoms with E-state index in [1.54, 1.807) is 7.11 Å². The summed E-state index contributed by atoms with van der Waals surface area (Å²) in [5, 5.41) is 0. The van der Waals surface area contributed by atoms with E-state index in [2.05, 4.69) is 20.8 Å². The summed E-state index contributed by atoms with van der Waals surface area (Å²) in [6, 6.07) is 0. The van der Waals surface area contributed by atoms with Gasteiger partial charge in [-0.25, -0.2) is 0 Å². The molecule has 1 rings (SSSR count). The van der Waals surface area contributed by atoms with Gasteiger partial charge in [-0.2, -0.15) is 0 Å². The quantitative estimate of drug-likeness (QED) is 0.323. The van der Waals surface area contributed by atoms with Gasteiger partial charge in [0.05, 0.1) is 18.6 Å². The van der Waals surface area contributed by atoms with Crippen LogP contribution < -0.4 is 0 Å². The second-order valence-electron chi connectivity index (χ2n) is 6.80. The molecule has 0 aromatic rings. The molecule has 5 atom stereocenters. The van der Waals surface area contributed by atoms with Gasteiger partial charge in [-0.3, -0.25) is 0 Å². The Balaban J connectivity index is 2.81. The Bertz CT molecular complexity index is 351. The van der Waals surface area contributed by atoms with Gasteiger partial charge in [-0.15, -0.1) is 0 Å². The van der Waals surface area contributed by atoms with Gasteiger partial charge in [-0.05, 0) is 19.3 Å². The molecule has 1 fully saturated rings. The summed E-state index contributed by atoms with van der Waals surface area (Å²) in [6.07, 6.45) is 5.19. The molecule has 6 heteroatoms. The number of methoxy groups -OCH3 is 1. The van der Waals surface area contributed by atoms with Crippen LogP contribution in [0.1, 0.15) is 59.3 Å². The van der Waals surface area contributed by atoms with E-state index in [0.717, 1.165) is 44.8 Å². The second-order valence-corrected chi connectivity index (χ2v) is 6.80. The Hall–Kier alpha value is -0.530. The average Bonchev–Trinajstić information content (AvgIpc) is 2.66. The molecule has 2 unspecified atom stereocenters. The Morgan fingerprint density at radius 3 is 2.00 bits per heavy atom. The highest BCUT2D eigenvalue weighted by Crippen LogP contribution is 2.30. The number of ether oxygens (including phenoxy) is 5. The Morgan fingerprint density at radius 2 is 1.46 bits per heavy atom. The molecule has 0 aliphatic carbocycles. The van der Waals surface area contributed by atoms with E-state index in [9.17, 15) is 4.79 Å². The van der Waals surface area contributed by atoms with Crippen LogP contribution in [0.25, 0.3) is 0 Å². The highest BCUT2D eigenvalue weighted by molar-refractivity contribution is 5.56. The fourth-order valence-corrected chi connectivity index (χ4v) is 3.00. The topological polar surface area (TPSA) is 63.2 Å². The zero-order valence-electron chi connectivity index (χ0n) is 17.0. The van der Waals surface area contributed by atoms with E-state index in [4.69, 9.17) is 23.7 Å². The number of carbonyl (C=O) groups is 1. The molecule has 26 heavy (non-hydrogen) atoms. The summed E-state index contributed by atoms with van der Waals surface area (Å²) in [5.74, 6) is -0.429. The van der Waals surface area contributed by atoms with E-state index in [1.807, 2.05) is 0 Å². The molecule has 1 aliphatic heterocycles. The van der Waals surface area contributed by atoms with Gasteiger partial charge in [0.2, 0.25) is 0 Å². The Kier molecular flexibility index (Phi) is 13.1. The molecule has 1 heterocycles. The van der Waals surface area contributed by atoms with Crippen LogP contribution in [-0.4, -0.2) is 64.4 Å². The van der Waals surface area contributed by atoms with Gasteiger partial charge in [0.25, 0.3) is 0 Å². The fraction of sp³-hybridized carbons (Fsp3) is 0.950. The highest BCUT2D eigenvalue weighted by atomic mass is 16.7. The third-order valence-corrected chi connectivity index (χ3v) is 4.63. The van der Waals surface area contributed by atoms with E-state index in [1.165, 1.54) is 0 Å². The normalized spacial score (nSPS) is 29.0. The van der Waals surface area contributed by atoms with Gasteiger partial charge in [-0.1, -0.05) is 40.0 Å². The number of carbonyl (C=O) groups excluding carboxylic acids is 1. The molecule has 6 nitrogen and oxygen atoms in total. The van der Waals surface area contributed by atoms with Crippen molar-refractivity contribution >= 4 is 6.29 Å². The molecule has 0 aromatic carbocycles. The van der Waals surface area contributed by atoms with Crippen LogP contribution in [0.2, 0.25) is 0 Å². The maximum Gasteiger partial charge on any atom is 0.184 e. The summed E-state index contributed by atoms with van der Waals surface area (Å²) in [5.41, 5.74) is 0. The molecule has 0 spiro atoms. The largest absolute Gasteiger partial charge is 0.379 e. The molecule has 154 valence electrons. The van der Waals surface area contributed by atoms with Crippen LogP contribution in [0.4, 0.5) is 0 Å². The van der Waals surface area contributed by atoms with Crippen LogP contribution in [0, 0.1) is 5.92 Å². The highest BCUT2D eigenvalue weighted by Gasteiger charge is 2.47. The van der Waals surface area contributed by atoms with Crippen LogP contribution in [0.15, 0.2) is 0 Å². The number of unbranched alkanes of at least 4 members (excludes halogenated alkanes) is 3. The number of aldehydes is 1. The smallest absolute Gasteiger partial charge is 0.184 e. The van der Waals surface area contributed by atoms with E-state index >= 15 is 0 Å². The third kappa shape index (κ3) is 7.61. The van der Waals surface area contributed by atoms with E-state index < -0.39 is 18.3 Å². The maximum atomic E-state index is 11.9. The minimum atomic E-state index is -0.590. The summed E-state index contributed by atoms with van der Waals surface area (Å²) in [7, 11) is 1.58. The van der Waals surface area contributed by atoms with Crippen molar-refractivity contribution in [1.82, 2.24) is 0 Å². The maximum absolute atomic E-state index is 11.9. The molecule has 1 aliphatic rings. The molecular weight excluding hydrogens is 336 g/mol. The Morgan fingerprint density at radius 1 is 0.885 bits per heavy atom. The van der Waals surface area contributed by atoms with Crippen LogP contribution in [-0.2, 0) is 28.5 Å². The number of rotatable bonds is 15. The van der Waals surface area contributed by atoms with Gasteiger partial charge in [0, 0.05) is 26.9 Å². The first-order valence-electron chi connectivity index (χ1n) is 10.2. The van der Waals surface area contributed by atoms with Crippen molar-refractivity contribution < 1.29 is 28.5 Å². The first-order chi connectivity index (χ1) is 12.7. The summed E-state index contributed by atoms with van der Waals surface area (Å²) < 4.78 is 29.3.